The Kier molecular flexibility index (Phi) is 67.4. The molecule has 1 amide bonds. The van der Waals surface area contributed by atoms with Crippen molar-refractivity contribution in [2.45, 2.75) is 467 Å². The van der Waals surface area contributed by atoms with Crippen molar-refractivity contribution in [2.75, 3.05) is 13.2 Å². The molecule has 0 bridgehead atoms. The topological polar surface area (TPSA) is 189 Å². The highest BCUT2D eigenvalue weighted by Gasteiger charge is 2.44. The average Bonchev–Trinajstić information content (AvgIpc) is 1.04. The number of carbonyl (C=O) groups is 1. The summed E-state index contributed by atoms with van der Waals surface area (Å²) >= 11 is 0. The summed E-state index contributed by atoms with van der Waals surface area (Å²) in [5.74, 6) is -0.699. The highest BCUT2D eigenvalue weighted by molar-refractivity contribution is 5.80. The molecule has 1 rings (SSSR count). The molecule has 0 aromatic carbocycles. The first-order chi connectivity index (χ1) is 45.7. The summed E-state index contributed by atoms with van der Waals surface area (Å²) < 4.78 is 11.2. The Hall–Kier alpha value is -1.67. The van der Waals surface area contributed by atoms with E-state index < -0.39 is 74.2 Å². The molecular formula is C82H157NO10. The van der Waals surface area contributed by atoms with Gasteiger partial charge in [-0.15, -0.1) is 0 Å². The van der Waals surface area contributed by atoms with Crippen molar-refractivity contribution in [1.29, 1.82) is 0 Å². The molecule has 0 spiro atoms. The van der Waals surface area contributed by atoms with E-state index in [1.54, 1.807) is 0 Å². The van der Waals surface area contributed by atoms with Crippen LogP contribution in [0, 0.1) is 0 Å². The predicted octanol–water partition coefficient (Wildman–Crippen LogP) is 21.3. The van der Waals surface area contributed by atoms with Crippen molar-refractivity contribution in [1.82, 2.24) is 5.32 Å². The average molecular weight is 1320 g/mol. The SMILES string of the molecule is CCCCCCCCCCCCCCC/C=C\C/C=C\CCCCCCCCCCCCCCCCCCC(O)C(=O)NC(COC1OC(CO)C(O)C(O)C1O)C(O)C(O)CCC/C=C/CCCCCCCCCCCCCCCCCCCCCCCCCCC. The molecule has 8 N–H and O–H groups in total. The molecule has 11 heteroatoms. The fourth-order valence-corrected chi connectivity index (χ4v) is 13.4. The van der Waals surface area contributed by atoms with Gasteiger partial charge >= 0.3 is 0 Å². The standard InChI is InChI=1S/C82H157NO10/c1-3-5-7-9-11-13-15-17-19-21-23-25-27-29-31-33-35-36-37-38-39-40-42-44-46-48-50-52-54-56-58-60-62-64-66-68-70-75(86)81(91)83-73(72-92-82-80(90)79(89)78(88)76(71-84)93-82)77(87)74(85)69-67-65-63-61-59-57-55-53-51-49-47-45-43-41-34-32-30-28-26-24-22-20-18-16-14-12-10-8-6-4-2/h31,33,36-37,61,63,73-80,82,84-90H,3-30,32,34-35,38-60,62,64-72H2,1-2H3,(H,83,91)/b33-31-,37-36-,63-61+. The van der Waals surface area contributed by atoms with Crippen LogP contribution in [0.5, 0.6) is 0 Å². The third kappa shape index (κ3) is 56.9. The number of nitrogens with one attached hydrogen (secondary N) is 1. The summed E-state index contributed by atoms with van der Waals surface area (Å²) in [4.78, 5) is 13.3. The van der Waals surface area contributed by atoms with Crippen molar-refractivity contribution in [2.24, 2.45) is 0 Å². The van der Waals surface area contributed by atoms with Crippen LogP contribution >= 0.6 is 0 Å². The van der Waals surface area contributed by atoms with Gasteiger partial charge in [-0.05, 0) is 70.6 Å². The van der Waals surface area contributed by atoms with Crippen molar-refractivity contribution in [3.05, 3.63) is 36.5 Å². The van der Waals surface area contributed by atoms with Gasteiger partial charge in [-0.2, -0.15) is 0 Å². The molecule has 0 aromatic rings. The minimum absolute atomic E-state index is 0.256. The smallest absolute Gasteiger partial charge is 0.249 e. The summed E-state index contributed by atoms with van der Waals surface area (Å²) in [5, 5.41) is 76.7. The van der Waals surface area contributed by atoms with Gasteiger partial charge in [0.15, 0.2) is 6.29 Å². The Morgan fingerprint density at radius 1 is 0.376 bits per heavy atom. The molecular weight excluding hydrogens is 1160 g/mol. The summed E-state index contributed by atoms with van der Waals surface area (Å²) in [6.45, 7) is 3.52. The molecule has 0 aliphatic carbocycles. The van der Waals surface area contributed by atoms with Gasteiger partial charge < -0.3 is 50.5 Å². The molecule has 11 nitrogen and oxygen atoms in total. The van der Waals surface area contributed by atoms with Crippen LogP contribution in [0.25, 0.3) is 0 Å². The number of aliphatic hydroxyl groups is 7. The van der Waals surface area contributed by atoms with Gasteiger partial charge in [0, 0.05) is 0 Å². The highest BCUT2D eigenvalue weighted by atomic mass is 16.7. The van der Waals surface area contributed by atoms with Crippen molar-refractivity contribution in [3.63, 3.8) is 0 Å². The number of carbonyl (C=O) groups excluding carboxylic acids is 1. The van der Waals surface area contributed by atoms with Crippen LogP contribution in [0.2, 0.25) is 0 Å². The van der Waals surface area contributed by atoms with Crippen LogP contribution < -0.4 is 5.32 Å². The first-order valence-electron chi connectivity index (χ1n) is 40.9. The van der Waals surface area contributed by atoms with E-state index in [1.165, 1.54) is 327 Å². The largest absolute Gasteiger partial charge is 0.394 e. The lowest BCUT2D eigenvalue weighted by molar-refractivity contribution is -0.303. The van der Waals surface area contributed by atoms with E-state index in [9.17, 15) is 40.5 Å². The molecule has 9 unspecified atom stereocenters. The van der Waals surface area contributed by atoms with Crippen LogP contribution in [0.3, 0.4) is 0 Å². The molecule has 0 radical (unpaired) electrons. The van der Waals surface area contributed by atoms with Crippen LogP contribution in [0.15, 0.2) is 36.5 Å². The molecule has 0 aromatic heterocycles. The number of ether oxygens (including phenoxy) is 2. The van der Waals surface area contributed by atoms with Crippen LogP contribution in [0.4, 0.5) is 0 Å². The molecule has 93 heavy (non-hydrogen) atoms. The molecule has 550 valence electrons. The van der Waals surface area contributed by atoms with E-state index in [0.717, 1.165) is 44.9 Å². The maximum Gasteiger partial charge on any atom is 0.249 e. The molecule has 1 aliphatic rings. The normalized spacial score (nSPS) is 18.4. The van der Waals surface area contributed by atoms with Crippen molar-refractivity contribution in [3.8, 4) is 0 Å². The zero-order valence-electron chi connectivity index (χ0n) is 61.3. The first-order valence-corrected chi connectivity index (χ1v) is 40.9. The Balaban J connectivity index is 2.14. The number of hydrogen-bond donors (Lipinski definition) is 8. The lowest BCUT2D eigenvalue weighted by atomic mass is 9.98. The number of unbranched alkanes of at least 4 members (excludes halogenated alkanes) is 55. The van der Waals surface area contributed by atoms with Crippen LogP contribution in [0.1, 0.15) is 412 Å². The zero-order chi connectivity index (χ0) is 67.4. The molecule has 1 aliphatic heterocycles. The lowest BCUT2D eigenvalue weighted by Gasteiger charge is -2.40. The van der Waals surface area contributed by atoms with Gasteiger partial charge in [0.05, 0.1) is 25.4 Å². The second kappa shape index (κ2) is 70.2. The number of hydrogen-bond acceptors (Lipinski definition) is 10. The summed E-state index contributed by atoms with van der Waals surface area (Å²) in [7, 11) is 0. The summed E-state index contributed by atoms with van der Waals surface area (Å²) in [5.41, 5.74) is 0. The third-order valence-electron chi connectivity index (χ3n) is 19.9. The van der Waals surface area contributed by atoms with Crippen LogP contribution in [-0.2, 0) is 14.3 Å². The van der Waals surface area contributed by atoms with Crippen molar-refractivity contribution < 1.29 is 50.0 Å². The van der Waals surface area contributed by atoms with Gasteiger partial charge in [0.1, 0.15) is 36.6 Å². The Morgan fingerprint density at radius 2 is 0.667 bits per heavy atom. The van der Waals surface area contributed by atoms with E-state index >= 15 is 0 Å². The third-order valence-corrected chi connectivity index (χ3v) is 19.9. The number of rotatable bonds is 73. The van der Waals surface area contributed by atoms with Gasteiger partial charge in [-0.3, -0.25) is 4.79 Å². The Bertz CT molecular complexity index is 1610. The van der Waals surface area contributed by atoms with Gasteiger partial charge in [0.2, 0.25) is 5.91 Å². The summed E-state index contributed by atoms with van der Waals surface area (Å²) in [6, 6.07) is -1.19. The highest BCUT2D eigenvalue weighted by Crippen LogP contribution is 2.24. The molecule has 1 heterocycles. The first kappa shape index (κ1) is 89.3. The Labute approximate surface area is 575 Å². The quantitative estimate of drug-likeness (QED) is 0.0215. The zero-order valence-corrected chi connectivity index (χ0v) is 61.3. The molecule has 9 atom stereocenters. The maximum absolute atomic E-state index is 13.3. The van der Waals surface area contributed by atoms with E-state index in [2.05, 4.69) is 55.6 Å². The van der Waals surface area contributed by atoms with E-state index in [1.807, 2.05) is 0 Å². The summed E-state index contributed by atoms with van der Waals surface area (Å²) in [6.07, 6.45) is 81.3. The predicted molar refractivity (Wildman–Crippen MR) is 395 cm³/mol. The number of allylic oxidation sites excluding steroid dienone is 6. The van der Waals surface area contributed by atoms with Gasteiger partial charge in [0.25, 0.3) is 0 Å². The maximum atomic E-state index is 13.3. The lowest BCUT2D eigenvalue weighted by Crippen LogP contribution is -2.60. The van der Waals surface area contributed by atoms with E-state index in [0.29, 0.717) is 12.8 Å². The molecule has 0 saturated carbocycles. The molecule has 1 saturated heterocycles. The minimum Gasteiger partial charge on any atom is -0.394 e. The monoisotopic (exact) mass is 1320 g/mol. The minimum atomic E-state index is -1.67. The van der Waals surface area contributed by atoms with Crippen LogP contribution in [-0.4, -0.2) is 110 Å². The molecule has 1 fully saturated rings. The van der Waals surface area contributed by atoms with Gasteiger partial charge in [-0.1, -0.05) is 378 Å². The second-order valence-corrected chi connectivity index (χ2v) is 28.8. The van der Waals surface area contributed by atoms with E-state index in [-0.39, 0.29) is 12.8 Å². The Morgan fingerprint density at radius 3 is 0.989 bits per heavy atom. The number of amides is 1. The second-order valence-electron chi connectivity index (χ2n) is 28.8. The fourth-order valence-electron chi connectivity index (χ4n) is 13.4. The van der Waals surface area contributed by atoms with E-state index in [4.69, 9.17) is 9.47 Å². The fraction of sp³-hybridized carbons (Fsp3) is 0.915. The van der Waals surface area contributed by atoms with Crippen molar-refractivity contribution >= 4 is 5.91 Å². The number of aliphatic hydroxyl groups excluding tert-OH is 7. The van der Waals surface area contributed by atoms with Gasteiger partial charge in [-0.25, -0.2) is 0 Å².